The molecular weight excluding hydrogens is 148 g/mol. The van der Waals surface area contributed by atoms with E-state index >= 15 is 0 Å². The number of rotatable bonds is 2. The maximum Gasteiger partial charge on any atom is 0.0586 e. The molecule has 0 aromatic carbocycles. The summed E-state index contributed by atoms with van der Waals surface area (Å²) in [5, 5.41) is 0. The molecule has 0 fully saturated rings. The van der Waals surface area contributed by atoms with Gasteiger partial charge in [-0.25, -0.2) is 0 Å². The minimum Gasteiger partial charge on any atom is -0.261 e. The quantitative estimate of drug-likeness (QED) is 0.671. The van der Waals surface area contributed by atoms with Crippen LogP contribution in [0.5, 0.6) is 0 Å². The highest BCUT2D eigenvalue weighted by atomic mass is 14.8. The first kappa shape index (κ1) is 9.17. The van der Waals surface area contributed by atoms with Gasteiger partial charge in [-0.15, -0.1) is 0 Å². The van der Waals surface area contributed by atoms with Gasteiger partial charge in [0.15, 0.2) is 0 Å². The maximum atomic E-state index is 4.22. The van der Waals surface area contributed by atoms with Gasteiger partial charge in [0.25, 0.3) is 0 Å². The molecular formula is C10H16N2. The lowest BCUT2D eigenvalue weighted by Crippen LogP contribution is -2.07. The number of aromatic nitrogens is 2. The molecule has 1 aromatic rings. The molecule has 1 aromatic heterocycles. The zero-order valence-corrected chi connectivity index (χ0v) is 8.04. The van der Waals surface area contributed by atoms with Crippen molar-refractivity contribution in [3.63, 3.8) is 0 Å². The van der Waals surface area contributed by atoms with E-state index < -0.39 is 0 Å². The maximum absolute atomic E-state index is 4.22. The Morgan fingerprint density at radius 1 is 1.25 bits per heavy atom. The fourth-order valence-corrected chi connectivity index (χ4v) is 0.962. The lowest BCUT2D eigenvalue weighted by atomic mass is 9.90. The first-order chi connectivity index (χ1) is 5.58. The second-order valence-electron chi connectivity index (χ2n) is 4.26. The molecule has 0 bridgehead atoms. The highest BCUT2D eigenvalue weighted by Crippen LogP contribution is 2.20. The Balaban J connectivity index is 2.44. The number of nitrogens with zero attached hydrogens (tertiary/aromatic N) is 2. The first-order valence-electron chi connectivity index (χ1n) is 4.33. The minimum atomic E-state index is 0.386. The van der Waals surface area contributed by atoms with Crippen LogP contribution in [0.25, 0.3) is 0 Å². The molecule has 1 heterocycles. The van der Waals surface area contributed by atoms with Gasteiger partial charge in [0.1, 0.15) is 0 Å². The van der Waals surface area contributed by atoms with Crippen LogP contribution in [0.1, 0.15) is 32.9 Å². The summed E-state index contributed by atoms with van der Waals surface area (Å²) < 4.78 is 0. The molecule has 0 aliphatic carbocycles. The summed E-state index contributed by atoms with van der Waals surface area (Å²) in [4.78, 5) is 8.24. The summed E-state index contributed by atoms with van der Waals surface area (Å²) >= 11 is 0. The molecule has 0 saturated carbocycles. The Morgan fingerprint density at radius 3 is 2.50 bits per heavy atom. The van der Waals surface area contributed by atoms with Crippen LogP contribution < -0.4 is 0 Å². The van der Waals surface area contributed by atoms with Crippen LogP contribution in [-0.2, 0) is 6.42 Å². The molecule has 2 heteroatoms. The van der Waals surface area contributed by atoms with E-state index in [1.54, 1.807) is 12.4 Å². The van der Waals surface area contributed by atoms with Crippen LogP contribution in [-0.4, -0.2) is 9.97 Å². The normalized spacial score (nSPS) is 11.6. The van der Waals surface area contributed by atoms with Crippen LogP contribution in [0, 0.1) is 5.41 Å². The van der Waals surface area contributed by atoms with Crippen LogP contribution in [0.15, 0.2) is 18.6 Å². The van der Waals surface area contributed by atoms with Crippen molar-refractivity contribution in [3.05, 3.63) is 24.3 Å². The molecule has 0 aliphatic heterocycles. The Hall–Kier alpha value is -0.920. The Labute approximate surface area is 74.1 Å². The van der Waals surface area contributed by atoms with Crippen molar-refractivity contribution in [3.8, 4) is 0 Å². The monoisotopic (exact) mass is 164 g/mol. The smallest absolute Gasteiger partial charge is 0.0586 e. The topological polar surface area (TPSA) is 25.8 Å². The fourth-order valence-electron chi connectivity index (χ4n) is 0.962. The van der Waals surface area contributed by atoms with E-state index in [0.717, 1.165) is 18.5 Å². The minimum absolute atomic E-state index is 0.386. The van der Waals surface area contributed by atoms with Crippen molar-refractivity contribution in [1.29, 1.82) is 0 Å². The van der Waals surface area contributed by atoms with Crippen molar-refractivity contribution in [2.45, 2.75) is 33.6 Å². The third kappa shape index (κ3) is 3.46. The molecule has 0 aliphatic rings. The summed E-state index contributed by atoms with van der Waals surface area (Å²) in [5.74, 6) is 0. The van der Waals surface area contributed by atoms with E-state index in [1.165, 1.54) is 0 Å². The van der Waals surface area contributed by atoms with Gasteiger partial charge in [-0.2, -0.15) is 0 Å². The van der Waals surface area contributed by atoms with E-state index in [2.05, 4.69) is 30.7 Å². The highest BCUT2D eigenvalue weighted by molar-refractivity contribution is 4.95. The van der Waals surface area contributed by atoms with E-state index in [9.17, 15) is 0 Å². The van der Waals surface area contributed by atoms with Gasteiger partial charge in [0, 0.05) is 18.6 Å². The van der Waals surface area contributed by atoms with E-state index in [4.69, 9.17) is 0 Å². The second kappa shape index (κ2) is 3.65. The lowest BCUT2D eigenvalue weighted by molar-refractivity contribution is 0.376. The molecule has 12 heavy (non-hydrogen) atoms. The zero-order chi connectivity index (χ0) is 9.03. The van der Waals surface area contributed by atoms with Crippen LogP contribution in [0.2, 0.25) is 0 Å². The number of hydrogen-bond acceptors (Lipinski definition) is 2. The highest BCUT2D eigenvalue weighted by Gasteiger charge is 2.09. The van der Waals surface area contributed by atoms with Crippen LogP contribution in [0.4, 0.5) is 0 Å². The van der Waals surface area contributed by atoms with Gasteiger partial charge in [0.2, 0.25) is 0 Å². The molecule has 0 unspecified atom stereocenters. The molecule has 1 rings (SSSR count). The summed E-state index contributed by atoms with van der Waals surface area (Å²) in [7, 11) is 0. The largest absolute Gasteiger partial charge is 0.261 e. The Morgan fingerprint density at radius 2 is 2.00 bits per heavy atom. The third-order valence-electron chi connectivity index (χ3n) is 1.75. The van der Waals surface area contributed by atoms with E-state index in [-0.39, 0.29) is 0 Å². The van der Waals surface area contributed by atoms with Gasteiger partial charge >= 0.3 is 0 Å². The average Bonchev–Trinajstić information content (AvgIpc) is 2.02. The first-order valence-corrected chi connectivity index (χ1v) is 4.33. The number of hydrogen-bond donors (Lipinski definition) is 0. The summed E-state index contributed by atoms with van der Waals surface area (Å²) in [6, 6.07) is 0. The zero-order valence-electron chi connectivity index (χ0n) is 8.04. The Kier molecular flexibility index (Phi) is 2.79. The molecule has 0 N–H and O–H groups in total. The SMILES string of the molecule is CC(C)(C)CCc1cnccn1. The standard InChI is InChI=1S/C10H16N2/c1-10(2,3)5-4-9-8-11-6-7-12-9/h6-8H,4-5H2,1-3H3. The molecule has 0 amide bonds. The van der Waals surface area contributed by atoms with E-state index in [1.807, 2.05) is 6.20 Å². The van der Waals surface area contributed by atoms with Gasteiger partial charge in [-0.05, 0) is 18.3 Å². The molecule has 66 valence electrons. The molecule has 0 spiro atoms. The van der Waals surface area contributed by atoms with Crippen LogP contribution >= 0.6 is 0 Å². The second-order valence-corrected chi connectivity index (χ2v) is 4.26. The summed E-state index contributed by atoms with van der Waals surface area (Å²) in [6.07, 6.45) is 7.48. The average molecular weight is 164 g/mol. The number of aryl methyl sites for hydroxylation is 1. The van der Waals surface area contributed by atoms with Gasteiger partial charge in [-0.3, -0.25) is 9.97 Å². The third-order valence-corrected chi connectivity index (χ3v) is 1.75. The predicted molar refractivity (Wildman–Crippen MR) is 49.8 cm³/mol. The molecule has 0 saturated heterocycles. The summed E-state index contributed by atoms with van der Waals surface area (Å²) in [6.45, 7) is 6.72. The predicted octanol–water partition coefficient (Wildman–Crippen LogP) is 2.46. The van der Waals surface area contributed by atoms with Crippen molar-refractivity contribution in [1.82, 2.24) is 9.97 Å². The van der Waals surface area contributed by atoms with E-state index in [0.29, 0.717) is 5.41 Å². The van der Waals surface area contributed by atoms with Crippen molar-refractivity contribution < 1.29 is 0 Å². The molecule has 2 nitrogen and oxygen atoms in total. The molecule has 0 atom stereocenters. The van der Waals surface area contributed by atoms with Crippen LogP contribution in [0.3, 0.4) is 0 Å². The fraction of sp³-hybridized carbons (Fsp3) is 0.600. The van der Waals surface area contributed by atoms with Crippen molar-refractivity contribution in [2.24, 2.45) is 5.41 Å². The Bertz CT molecular complexity index is 223. The van der Waals surface area contributed by atoms with Gasteiger partial charge in [0.05, 0.1) is 5.69 Å². The van der Waals surface area contributed by atoms with Crippen molar-refractivity contribution >= 4 is 0 Å². The van der Waals surface area contributed by atoms with Gasteiger partial charge in [-0.1, -0.05) is 20.8 Å². The lowest BCUT2D eigenvalue weighted by Gasteiger charge is -2.16. The molecule has 0 radical (unpaired) electrons. The summed E-state index contributed by atoms with van der Waals surface area (Å²) in [5.41, 5.74) is 1.48. The van der Waals surface area contributed by atoms with Gasteiger partial charge < -0.3 is 0 Å². The van der Waals surface area contributed by atoms with Crippen molar-refractivity contribution in [2.75, 3.05) is 0 Å².